The zero-order valence-corrected chi connectivity index (χ0v) is 23.9. The molecule has 0 bridgehead atoms. The number of ether oxygens (including phenoxy) is 2. The van der Waals surface area contributed by atoms with Crippen LogP contribution in [0.4, 0.5) is 19.7 Å². The molecule has 3 rings (SSSR count). The van der Waals surface area contributed by atoms with Gasteiger partial charge in [0.05, 0.1) is 23.4 Å². The number of carbonyl (C=O) groups excluding carboxylic acids is 2. The van der Waals surface area contributed by atoms with Gasteiger partial charge in [-0.2, -0.15) is 0 Å². The van der Waals surface area contributed by atoms with Crippen LogP contribution >= 0.6 is 27.5 Å². The predicted octanol–water partition coefficient (Wildman–Crippen LogP) is 7.91. The maximum atomic E-state index is 14.9. The Morgan fingerprint density at radius 1 is 1.32 bits per heavy atom. The van der Waals surface area contributed by atoms with Crippen molar-refractivity contribution in [3.8, 4) is 0 Å². The van der Waals surface area contributed by atoms with E-state index in [9.17, 15) is 14.0 Å². The van der Waals surface area contributed by atoms with Crippen molar-refractivity contribution < 1.29 is 23.5 Å². The Labute approximate surface area is 231 Å². The maximum absolute atomic E-state index is 14.9. The van der Waals surface area contributed by atoms with Crippen molar-refractivity contribution in [3.63, 3.8) is 0 Å². The van der Waals surface area contributed by atoms with E-state index in [2.05, 4.69) is 27.8 Å². The number of nitrogens with zero attached hydrogens (tertiary/aromatic N) is 1. The van der Waals surface area contributed by atoms with Crippen LogP contribution in [-0.2, 0) is 21.4 Å². The van der Waals surface area contributed by atoms with E-state index in [0.29, 0.717) is 22.1 Å². The van der Waals surface area contributed by atoms with Crippen molar-refractivity contribution in [2.45, 2.75) is 70.6 Å². The van der Waals surface area contributed by atoms with Gasteiger partial charge >= 0.3 is 12.2 Å². The van der Waals surface area contributed by atoms with E-state index in [0.717, 1.165) is 12.0 Å². The standard InChI is InChI=1S/C28H33BrClFN2O4/c1-6-8-15-36-26(35)33-21-16-20(31)24(30)23(29)19(21)17-28(33,18-13-10-9-11-14-18)22(12-7-2)32-25(34)37-27(3,4)5/h7,9-11,13-14,16,22H,2,6,8,12,15,17H2,1,3-5H3,(H,32,34)/t22-,28-/m0/s1. The highest BCUT2D eigenvalue weighted by molar-refractivity contribution is 9.10. The van der Waals surface area contributed by atoms with Crippen LogP contribution in [0, 0.1) is 5.82 Å². The molecule has 1 N–H and O–H groups in total. The molecule has 37 heavy (non-hydrogen) atoms. The Hall–Kier alpha value is -2.58. The Kier molecular flexibility index (Phi) is 9.29. The van der Waals surface area contributed by atoms with Crippen LogP contribution in [-0.4, -0.2) is 30.4 Å². The summed E-state index contributed by atoms with van der Waals surface area (Å²) in [7, 11) is 0. The van der Waals surface area contributed by atoms with Crippen molar-refractivity contribution in [1.82, 2.24) is 5.32 Å². The third-order valence-corrected chi connectivity index (χ3v) is 7.65. The van der Waals surface area contributed by atoms with Crippen LogP contribution in [0.1, 0.15) is 58.1 Å². The summed E-state index contributed by atoms with van der Waals surface area (Å²) in [5, 5.41) is 2.89. The molecule has 1 aliphatic heterocycles. The Morgan fingerprint density at radius 3 is 2.59 bits per heavy atom. The summed E-state index contributed by atoms with van der Waals surface area (Å²) >= 11 is 9.71. The number of amides is 2. The Bertz CT molecular complexity index is 1160. The second-order valence-electron chi connectivity index (χ2n) is 9.98. The molecule has 0 fully saturated rings. The molecule has 1 heterocycles. The molecule has 0 saturated heterocycles. The first-order valence-electron chi connectivity index (χ1n) is 12.3. The van der Waals surface area contributed by atoms with Gasteiger partial charge in [0.1, 0.15) is 17.0 Å². The number of hydrogen-bond acceptors (Lipinski definition) is 4. The van der Waals surface area contributed by atoms with Gasteiger partial charge in [0, 0.05) is 10.9 Å². The van der Waals surface area contributed by atoms with E-state index in [1.165, 1.54) is 11.0 Å². The molecule has 6 nitrogen and oxygen atoms in total. The first kappa shape index (κ1) is 29.0. The van der Waals surface area contributed by atoms with E-state index in [1.807, 2.05) is 37.3 Å². The molecule has 0 unspecified atom stereocenters. The van der Waals surface area contributed by atoms with Crippen LogP contribution in [0.5, 0.6) is 0 Å². The average Bonchev–Trinajstić information content (AvgIpc) is 3.18. The first-order chi connectivity index (χ1) is 17.5. The lowest BCUT2D eigenvalue weighted by molar-refractivity contribution is 0.0471. The second-order valence-corrected chi connectivity index (χ2v) is 11.1. The first-order valence-corrected chi connectivity index (χ1v) is 13.4. The highest BCUT2D eigenvalue weighted by Crippen LogP contribution is 2.52. The number of halogens is 3. The Morgan fingerprint density at radius 2 is 2.00 bits per heavy atom. The highest BCUT2D eigenvalue weighted by Gasteiger charge is 2.55. The van der Waals surface area contributed by atoms with Gasteiger partial charge in [0.25, 0.3) is 0 Å². The molecule has 0 spiro atoms. The van der Waals surface area contributed by atoms with Crippen LogP contribution in [0.2, 0.25) is 5.02 Å². The highest BCUT2D eigenvalue weighted by atomic mass is 79.9. The van der Waals surface area contributed by atoms with Crippen molar-refractivity contribution in [2.75, 3.05) is 11.5 Å². The maximum Gasteiger partial charge on any atom is 0.415 e. The summed E-state index contributed by atoms with van der Waals surface area (Å²) in [4.78, 5) is 28.2. The Balaban J connectivity index is 2.26. The molecule has 0 radical (unpaired) electrons. The van der Waals surface area contributed by atoms with Crippen LogP contribution < -0.4 is 10.2 Å². The number of hydrogen-bond donors (Lipinski definition) is 1. The molecule has 200 valence electrons. The molecular weight excluding hydrogens is 563 g/mol. The molecule has 2 atom stereocenters. The lowest BCUT2D eigenvalue weighted by atomic mass is 9.78. The molecular formula is C28H33BrClFN2O4. The topological polar surface area (TPSA) is 67.9 Å². The third kappa shape index (κ3) is 6.12. The summed E-state index contributed by atoms with van der Waals surface area (Å²) in [6.45, 7) is 11.4. The van der Waals surface area contributed by atoms with E-state index >= 15 is 0 Å². The van der Waals surface area contributed by atoms with E-state index in [1.54, 1.807) is 26.8 Å². The van der Waals surface area contributed by atoms with Crippen molar-refractivity contribution in [1.29, 1.82) is 0 Å². The molecule has 0 aromatic heterocycles. The zero-order valence-electron chi connectivity index (χ0n) is 21.6. The van der Waals surface area contributed by atoms with Gasteiger partial charge in [-0.05, 0) is 66.7 Å². The van der Waals surface area contributed by atoms with Crippen LogP contribution in [0.25, 0.3) is 0 Å². The van der Waals surface area contributed by atoms with E-state index in [-0.39, 0.29) is 24.5 Å². The van der Waals surface area contributed by atoms with Gasteiger partial charge in [0.15, 0.2) is 0 Å². The number of fused-ring (bicyclic) bond motifs is 1. The summed E-state index contributed by atoms with van der Waals surface area (Å²) in [5.41, 5.74) is -0.260. The monoisotopic (exact) mass is 594 g/mol. The molecule has 0 saturated carbocycles. The van der Waals surface area contributed by atoms with Crippen molar-refractivity contribution in [2.24, 2.45) is 0 Å². The zero-order chi connectivity index (χ0) is 27.4. The van der Waals surface area contributed by atoms with Gasteiger partial charge in [0.2, 0.25) is 0 Å². The number of anilines is 1. The summed E-state index contributed by atoms with van der Waals surface area (Å²) in [6.07, 6.45) is 2.40. The molecule has 0 aliphatic carbocycles. The molecule has 2 amide bonds. The number of carbonyl (C=O) groups is 2. The van der Waals surface area contributed by atoms with Gasteiger partial charge in [-0.15, -0.1) is 6.58 Å². The summed E-state index contributed by atoms with van der Waals surface area (Å²) in [6, 6.07) is 9.84. The van der Waals surface area contributed by atoms with Crippen LogP contribution in [0.3, 0.4) is 0 Å². The van der Waals surface area contributed by atoms with E-state index in [4.69, 9.17) is 21.1 Å². The summed E-state index contributed by atoms with van der Waals surface area (Å²) in [5.74, 6) is -0.678. The minimum atomic E-state index is -1.20. The normalized spacial score (nSPS) is 17.6. The number of rotatable bonds is 8. The fourth-order valence-corrected chi connectivity index (χ4v) is 5.31. The van der Waals surface area contributed by atoms with Gasteiger partial charge in [-0.25, -0.2) is 14.0 Å². The average molecular weight is 596 g/mol. The number of benzene rings is 2. The predicted molar refractivity (Wildman–Crippen MR) is 148 cm³/mol. The lowest BCUT2D eigenvalue weighted by Crippen LogP contribution is -2.61. The number of alkyl carbamates (subject to hydrolysis) is 1. The van der Waals surface area contributed by atoms with Crippen molar-refractivity contribution in [3.05, 3.63) is 75.5 Å². The van der Waals surface area contributed by atoms with Gasteiger partial charge in [-0.1, -0.05) is 61.4 Å². The fraction of sp³-hybridized carbons (Fsp3) is 0.429. The molecule has 2 aromatic carbocycles. The molecule has 9 heteroatoms. The quantitative estimate of drug-likeness (QED) is 0.191. The SMILES string of the molecule is C=CC[C@H](NC(=O)OC(C)(C)C)[C@@]1(c2ccccc2)Cc2c(cc(F)c(Cl)c2Br)N1C(=O)OCCCC. The third-order valence-electron chi connectivity index (χ3n) is 6.18. The second kappa shape index (κ2) is 11.9. The largest absolute Gasteiger partial charge is 0.449 e. The van der Waals surface area contributed by atoms with Gasteiger partial charge in [-0.3, -0.25) is 4.90 Å². The minimum Gasteiger partial charge on any atom is -0.449 e. The van der Waals surface area contributed by atoms with Gasteiger partial charge < -0.3 is 14.8 Å². The minimum absolute atomic E-state index is 0.0812. The number of nitrogens with one attached hydrogen (secondary N) is 1. The fourth-order valence-electron chi connectivity index (χ4n) is 4.61. The lowest BCUT2D eigenvalue weighted by Gasteiger charge is -2.44. The smallest absolute Gasteiger partial charge is 0.415 e. The number of unbranched alkanes of at least 4 members (excludes halogenated alkanes) is 1. The molecule has 2 aromatic rings. The van der Waals surface area contributed by atoms with E-state index < -0.39 is 35.2 Å². The summed E-state index contributed by atoms with van der Waals surface area (Å²) < 4.78 is 26.5. The van der Waals surface area contributed by atoms with Crippen LogP contribution in [0.15, 0.2) is 53.5 Å². The molecule has 1 aliphatic rings. The van der Waals surface area contributed by atoms with Crippen molar-refractivity contribution >= 4 is 45.4 Å².